The molecule has 4 rings (SSSR count). The van der Waals surface area contributed by atoms with Crippen molar-refractivity contribution in [3.63, 3.8) is 0 Å². The lowest BCUT2D eigenvalue weighted by Gasteiger charge is -1.87. The minimum Gasteiger partial charge on any atom is -0.330 e. The Kier molecular flexibility index (Phi) is 3.23. The van der Waals surface area contributed by atoms with Crippen molar-refractivity contribution in [3.05, 3.63) is 51.2 Å². The zero-order valence-electron chi connectivity index (χ0n) is 10.4. The van der Waals surface area contributed by atoms with Crippen LogP contribution in [0, 0.1) is 0 Å². The summed E-state index contributed by atoms with van der Waals surface area (Å²) in [5.74, 6) is 0. The van der Waals surface area contributed by atoms with Gasteiger partial charge in [0, 0.05) is 10.0 Å². The number of hydrogen-bond donors (Lipinski definition) is 1. The molecule has 21 heavy (non-hydrogen) atoms. The molecular formula is C14H7Cl2N3S2. The molecule has 0 saturated heterocycles. The molecule has 2 aromatic carbocycles. The van der Waals surface area contributed by atoms with Crippen molar-refractivity contribution in [2.75, 3.05) is 0 Å². The highest BCUT2D eigenvalue weighted by atomic mass is 35.5. The van der Waals surface area contributed by atoms with Crippen molar-refractivity contribution >= 4 is 71.4 Å². The summed E-state index contributed by atoms with van der Waals surface area (Å²) >= 11 is 15.1. The van der Waals surface area contributed by atoms with Gasteiger partial charge in [0.25, 0.3) is 0 Å². The number of halogens is 2. The molecule has 0 radical (unpaired) electrons. The van der Waals surface area contributed by atoms with Crippen molar-refractivity contribution in [1.82, 2.24) is 9.97 Å². The van der Waals surface area contributed by atoms with Gasteiger partial charge < -0.3 is 4.98 Å². The number of fused-ring (bicyclic) bond motifs is 2. The average Bonchev–Trinajstić information content (AvgIpc) is 3.00. The van der Waals surface area contributed by atoms with Gasteiger partial charge in [0.2, 0.25) is 5.13 Å². The van der Waals surface area contributed by atoms with Crippen LogP contribution in [0.5, 0.6) is 0 Å². The van der Waals surface area contributed by atoms with E-state index in [1.165, 1.54) is 11.3 Å². The molecule has 0 bridgehead atoms. The zero-order valence-corrected chi connectivity index (χ0v) is 13.6. The van der Waals surface area contributed by atoms with Crippen LogP contribution < -0.4 is 4.80 Å². The summed E-state index contributed by atoms with van der Waals surface area (Å²) in [6, 6.07) is 11.4. The van der Waals surface area contributed by atoms with Gasteiger partial charge in [-0.15, -0.1) is 0 Å². The summed E-state index contributed by atoms with van der Waals surface area (Å²) in [4.78, 5) is 13.1. The fraction of sp³-hybridized carbons (Fsp3) is 0. The maximum Gasteiger partial charge on any atom is 0.212 e. The van der Waals surface area contributed by atoms with Gasteiger partial charge in [0.15, 0.2) is 4.80 Å². The molecule has 0 amide bonds. The molecule has 1 N–H and O–H groups in total. The Labute approximate surface area is 137 Å². The Hall–Kier alpha value is -1.40. The van der Waals surface area contributed by atoms with E-state index in [4.69, 9.17) is 23.2 Å². The molecule has 0 atom stereocenters. The molecule has 0 aliphatic rings. The molecule has 4 aromatic rings. The zero-order chi connectivity index (χ0) is 14.4. The Morgan fingerprint density at radius 3 is 2.57 bits per heavy atom. The van der Waals surface area contributed by atoms with Gasteiger partial charge >= 0.3 is 0 Å². The van der Waals surface area contributed by atoms with E-state index in [-0.39, 0.29) is 0 Å². The van der Waals surface area contributed by atoms with Gasteiger partial charge in [-0.2, -0.15) is 4.99 Å². The molecular weight excluding hydrogens is 345 g/mol. The Morgan fingerprint density at radius 1 is 0.952 bits per heavy atom. The standard InChI is InChI=1S/C14H7Cl2N3S2/c15-7-1-3-9-11(5-7)20-13(17-9)19-14-18-10-4-2-8(16)6-12(10)21-14/h1-6H,(H,17,18,19). The maximum absolute atomic E-state index is 6.00. The highest BCUT2D eigenvalue weighted by molar-refractivity contribution is 7.22. The van der Waals surface area contributed by atoms with E-state index >= 15 is 0 Å². The number of thiazole rings is 2. The van der Waals surface area contributed by atoms with E-state index < -0.39 is 0 Å². The van der Waals surface area contributed by atoms with Gasteiger partial charge in [-0.3, -0.25) is 0 Å². The lowest BCUT2D eigenvalue weighted by Crippen LogP contribution is -1.94. The Bertz CT molecular complexity index is 1030. The first-order valence-corrected chi connectivity index (χ1v) is 8.45. The van der Waals surface area contributed by atoms with Crippen LogP contribution in [-0.2, 0) is 0 Å². The summed E-state index contributed by atoms with van der Waals surface area (Å²) in [6.07, 6.45) is 0. The van der Waals surface area contributed by atoms with Crippen molar-refractivity contribution in [3.8, 4) is 0 Å². The number of nitrogens with one attached hydrogen (secondary N) is 1. The van der Waals surface area contributed by atoms with Crippen LogP contribution in [0.1, 0.15) is 0 Å². The number of aromatic amines is 1. The van der Waals surface area contributed by atoms with Gasteiger partial charge in [0.1, 0.15) is 0 Å². The highest BCUT2D eigenvalue weighted by Crippen LogP contribution is 2.30. The predicted octanol–water partition coefficient (Wildman–Crippen LogP) is 5.38. The number of hydrogen-bond acceptors (Lipinski definition) is 4. The molecule has 0 aliphatic heterocycles. The molecule has 0 spiro atoms. The summed E-state index contributed by atoms with van der Waals surface area (Å²) in [5, 5.41) is 2.14. The highest BCUT2D eigenvalue weighted by Gasteiger charge is 2.04. The third kappa shape index (κ3) is 2.58. The molecule has 0 fully saturated rings. The predicted molar refractivity (Wildman–Crippen MR) is 91.0 cm³/mol. The van der Waals surface area contributed by atoms with Crippen molar-refractivity contribution in [2.45, 2.75) is 0 Å². The largest absolute Gasteiger partial charge is 0.330 e. The van der Waals surface area contributed by atoms with Crippen LogP contribution >= 0.6 is 45.9 Å². The molecule has 104 valence electrons. The minimum atomic E-state index is 0.709. The quantitative estimate of drug-likeness (QED) is 0.491. The van der Waals surface area contributed by atoms with Crippen molar-refractivity contribution < 1.29 is 0 Å². The monoisotopic (exact) mass is 351 g/mol. The van der Waals surface area contributed by atoms with E-state index in [9.17, 15) is 0 Å². The number of aromatic nitrogens is 2. The maximum atomic E-state index is 6.00. The van der Waals surface area contributed by atoms with Crippen molar-refractivity contribution in [2.24, 2.45) is 4.99 Å². The van der Waals surface area contributed by atoms with E-state index in [1.54, 1.807) is 11.3 Å². The smallest absolute Gasteiger partial charge is 0.212 e. The summed E-state index contributed by atoms with van der Waals surface area (Å²) in [7, 11) is 0. The third-order valence-corrected chi connectivity index (χ3v) is 5.25. The van der Waals surface area contributed by atoms with E-state index in [0.29, 0.717) is 10.2 Å². The fourth-order valence-electron chi connectivity index (χ4n) is 2.00. The van der Waals surface area contributed by atoms with Crippen LogP contribution in [0.4, 0.5) is 5.13 Å². The topological polar surface area (TPSA) is 41.0 Å². The molecule has 2 heterocycles. The molecule has 0 aliphatic carbocycles. The normalized spacial score (nSPS) is 12.6. The number of benzene rings is 2. The second-order valence-corrected chi connectivity index (χ2v) is 7.31. The average molecular weight is 352 g/mol. The van der Waals surface area contributed by atoms with Crippen LogP contribution in [-0.4, -0.2) is 9.97 Å². The molecule has 3 nitrogen and oxygen atoms in total. The molecule has 2 aromatic heterocycles. The second-order valence-electron chi connectivity index (χ2n) is 4.39. The lowest BCUT2D eigenvalue weighted by atomic mass is 10.3. The van der Waals surface area contributed by atoms with Crippen LogP contribution in [0.15, 0.2) is 41.4 Å². The van der Waals surface area contributed by atoms with Gasteiger partial charge in [-0.05, 0) is 36.4 Å². The third-order valence-electron chi connectivity index (χ3n) is 2.93. The molecule has 0 saturated carbocycles. The first-order chi connectivity index (χ1) is 10.2. The number of H-pyrrole nitrogens is 1. The van der Waals surface area contributed by atoms with Crippen LogP contribution in [0.3, 0.4) is 0 Å². The SMILES string of the molecule is Clc1ccc2nc(N=c3[nH]c4ccc(Cl)cc4s3)sc2c1. The number of nitrogens with zero attached hydrogens (tertiary/aromatic N) is 2. The van der Waals surface area contributed by atoms with Crippen LogP contribution in [0.25, 0.3) is 20.4 Å². The van der Waals surface area contributed by atoms with Crippen molar-refractivity contribution in [1.29, 1.82) is 0 Å². The minimum absolute atomic E-state index is 0.709. The van der Waals surface area contributed by atoms with E-state index in [0.717, 1.165) is 30.3 Å². The lowest BCUT2D eigenvalue weighted by molar-refractivity contribution is 1.25. The first-order valence-electron chi connectivity index (χ1n) is 6.06. The van der Waals surface area contributed by atoms with E-state index in [2.05, 4.69) is 15.0 Å². The summed E-state index contributed by atoms with van der Waals surface area (Å²) in [6.45, 7) is 0. The van der Waals surface area contributed by atoms with E-state index in [1.807, 2.05) is 36.4 Å². The van der Waals surface area contributed by atoms with Gasteiger partial charge in [-0.1, -0.05) is 45.9 Å². The Balaban J connectivity index is 1.86. The summed E-state index contributed by atoms with van der Waals surface area (Å²) in [5.41, 5.74) is 1.93. The van der Waals surface area contributed by atoms with Crippen LogP contribution in [0.2, 0.25) is 10.0 Å². The molecule has 0 unspecified atom stereocenters. The molecule has 7 heteroatoms. The number of rotatable bonds is 1. The second kappa shape index (κ2) is 5.10. The fourth-order valence-corrected chi connectivity index (χ4v) is 4.33. The Morgan fingerprint density at radius 2 is 1.71 bits per heavy atom. The summed E-state index contributed by atoms with van der Waals surface area (Å²) < 4.78 is 2.11. The van der Waals surface area contributed by atoms with Gasteiger partial charge in [0.05, 0.1) is 20.4 Å². The van der Waals surface area contributed by atoms with Gasteiger partial charge in [-0.25, -0.2) is 4.98 Å². The first kappa shape index (κ1) is 13.3.